The summed E-state index contributed by atoms with van der Waals surface area (Å²) in [6.45, 7) is 2.35. The van der Waals surface area contributed by atoms with Crippen LogP contribution >= 0.6 is 0 Å². The predicted octanol–water partition coefficient (Wildman–Crippen LogP) is 2.95. The van der Waals surface area contributed by atoms with Crippen molar-refractivity contribution in [1.82, 2.24) is 9.88 Å². The minimum atomic E-state index is -0.521. The normalized spacial score (nSPS) is 21.1. The van der Waals surface area contributed by atoms with Gasteiger partial charge in [-0.25, -0.2) is 4.98 Å². The smallest absolute Gasteiger partial charge is 0.254 e. The van der Waals surface area contributed by atoms with Crippen LogP contribution in [0.25, 0.3) is 0 Å². The molecule has 0 spiro atoms. The molecule has 1 aromatic carbocycles. The lowest BCUT2D eigenvalue weighted by Crippen LogP contribution is -2.44. The summed E-state index contributed by atoms with van der Waals surface area (Å²) >= 11 is 0. The van der Waals surface area contributed by atoms with E-state index in [0.29, 0.717) is 50.6 Å². The van der Waals surface area contributed by atoms with Gasteiger partial charge in [-0.1, -0.05) is 30.3 Å². The van der Waals surface area contributed by atoms with E-state index in [9.17, 15) is 10.1 Å². The van der Waals surface area contributed by atoms with Crippen LogP contribution in [0, 0.1) is 11.3 Å². The fourth-order valence-corrected chi connectivity index (χ4v) is 3.88. The molecule has 1 amide bonds. The number of piperidine rings is 1. The molecule has 6 nitrogen and oxygen atoms in total. The van der Waals surface area contributed by atoms with E-state index in [1.54, 1.807) is 18.3 Å². The van der Waals surface area contributed by atoms with Crippen LogP contribution in [0.15, 0.2) is 48.7 Å². The molecule has 0 saturated carbocycles. The molecule has 144 valence electrons. The quantitative estimate of drug-likeness (QED) is 0.819. The fraction of sp³-hybridized carbons (Fsp3) is 0.409. The minimum Gasteiger partial charge on any atom is -0.472 e. The average Bonchev–Trinajstić information content (AvgIpc) is 3.27. The number of likely N-dealkylation sites (tertiary alicyclic amines) is 1. The number of pyridine rings is 1. The summed E-state index contributed by atoms with van der Waals surface area (Å²) < 4.78 is 11.1. The van der Waals surface area contributed by atoms with Crippen LogP contribution in [0.4, 0.5) is 0 Å². The van der Waals surface area contributed by atoms with Crippen molar-refractivity contribution in [3.8, 4) is 11.9 Å². The Labute approximate surface area is 164 Å². The van der Waals surface area contributed by atoms with Crippen LogP contribution in [-0.2, 0) is 10.2 Å². The van der Waals surface area contributed by atoms with E-state index in [1.807, 2.05) is 35.2 Å². The molecule has 2 saturated heterocycles. The molecule has 1 unspecified atom stereocenters. The summed E-state index contributed by atoms with van der Waals surface area (Å²) in [7, 11) is 0. The molecule has 0 N–H and O–H groups in total. The van der Waals surface area contributed by atoms with Gasteiger partial charge in [0.1, 0.15) is 6.10 Å². The number of hydrogen-bond acceptors (Lipinski definition) is 5. The molecular formula is C22H23N3O3. The summed E-state index contributed by atoms with van der Waals surface area (Å²) in [5.74, 6) is 0.406. The first-order chi connectivity index (χ1) is 13.7. The average molecular weight is 377 g/mol. The molecule has 0 radical (unpaired) electrons. The Morgan fingerprint density at radius 3 is 2.71 bits per heavy atom. The van der Waals surface area contributed by atoms with Gasteiger partial charge in [-0.15, -0.1) is 0 Å². The third kappa shape index (κ3) is 3.71. The molecule has 2 aliphatic heterocycles. The summed E-state index contributed by atoms with van der Waals surface area (Å²) in [5.41, 5.74) is 1.07. The summed E-state index contributed by atoms with van der Waals surface area (Å²) in [6.07, 6.45) is 3.70. The molecule has 0 bridgehead atoms. The Kier molecular flexibility index (Phi) is 5.27. The Morgan fingerprint density at radius 1 is 1.25 bits per heavy atom. The van der Waals surface area contributed by atoms with Gasteiger partial charge in [-0.05, 0) is 24.5 Å². The zero-order chi connectivity index (χ0) is 19.4. The van der Waals surface area contributed by atoms with E-state index in [-0.39, 0.29) is 12.0 Å². The molecule has 1 aromatic heterocycles. The fourth-order valence-electron chi connectivity index (χ4n) is 3.88. The van der Waals surface area contributed by atoms with Crippen molar-refractivity contribution < 1.29 is 14.3 Å². The Morgan fingerprint density at radius 2 is 2.04 bits per heavy atom. The topological polar surface area (TPSA) is 75.5 Å². The van der Waals surface area contributed by atoms with Gasteiger partial charge < -0.3 is 14.4 Å². The number of nitrogens with zero attached hydrogens (tertiary/aromatic N) is 3. The molecule has 2 aromatic rings. The van der Waals surface area contributed by atoms with E-state index in [2.05, 4.69) is 11.1 Å². The van der Waals surface area contributed by atoms with Crippen LogP contribution in [0.5, 0.6) is 5.88 Å². The second kappa shape index (κ2) is 7.99. The molecule has 2 aliphatic rings. The number of carbonyl (C=O) groups excluding carboxylic acids is 1. The second-order valence-electron chi connectivity index (χ2n) is 7.34. The SMILES string of the molecule is N#CC1(c2ccccc2)CCN(C(=O)c2ccnc(OC3CCOC3)c2)CC1. The highest BCUT2D eigenvalue weighted by atomic mass is 16.5. The number of aromatic nitrogens is 1. The van der Waals surface area contributed by atoms with E-state index in [1.165, 1.54) is 0 Å². The van der Waals surface area contributed by atoms with Gasteiger partial charge in [0.25, 0.3) is 5.91 Å². The van der Waals surface area contributed by atoms with Crippen molar-refractivity contribution >= 4 is 5.91 Å². The van der Waals surface area contributed by atoms with Gasteiger partial charge >= 0.3 is 0 Å². The standard InChI is InChI=1S/C22H23N3O3/c23-16-22(18-4-2-1-3-5-18)8-11-25(12-9-22)21(26)17-6-10-24-20(14-17)28-19-7-13-27-15-19/h1-6,10,14,19H,7-9,11-13,15H2. The maximum atomic E-state index is 13.0. The second-order valence-corrected chi connectivity index (χ2v) is 7.34. The Hall–Kier alpha value is -2.91. The highest BCUT2D eigenvalue weighted by molar-refractivity contribution is 5.94. The summed E-state index contributed by atoms with van der Waals surface area (Å²) in [6, 6.07) is 15.8. The number of benzene rings is 1. The molecular weight excluding hydrogens is 354 g/mol. The molecule has 0 aliphatic carbocycles. The van der Waals surface area contributed by atoms with Gasteiger partial charge in [0.2, 0.25) is 5.88 Å². The lowest BCUT2D eigenvalue weighted by molar-refractivity contribution is 0.0690. The summed E-state index contributed by atoms with van der Waals surface area (Å²) in [5, 5.41) is 9.82. The van der Waals surface area contributed by atoms with Gasteiger partial charge in [-0.2, -0.15) is 5.26 Å². The molecule has 2 fully saturated rings. The lowest BCUT2D eigenvalue weighted by atomic mass is 9.74. The van der Waals surface area contributed by atoms with E-state index >= 15 is 0 Å². The highest BCUT2D eigenvalue weighted by Gasteiger charge is 2.37. The largest absolute Gasteiger partial charge is 0.472 e. The highest BCUT2D eigenvalue weighted by Crippen LogP contribution is 2.35. The first-order valence-electron chi connectivity index (χ1n) is 9.67. The van der Waals surface area contributed by atoms with Crippen LogP contribution in [0.3, 0.4) is 0 Å². The van der Waals surface area contributed by atoms with Gasteiger partial charge in [0.05, 0.1) is 24.7 Å². The third-order valence-electron chi connectivity index (χ3n) is 5.60. The number of rotatable bonds is 4. The lowest BCUT2D eigenvalue weighted by Gasteiger charge is -2.37. The van der Waals surface area contributed by atoms with Crippen molar-refractivity contribution in [3.05, 3.63) is 59.8 Å². The molecule has 28 heavy (non-hydrogen) atoms. The monoisotopic (exact) mass is 377 g/mol. The van der Waals surface area contributed by atoms with Crippen molar-refractivity contribution in [2.75, 3.05) is 26.3 Å². The number of carbonyl (C=O) groups is 1. The van der Waals surface area contributed by atoms with Gasteiger partial charge in [0, 0.05) is 37.3 Å². The number of nitriles is 1. The van der Waals surface area contributed by atoms with Crippen LogP contribution in [0.1, 0.15) is 35.2 Å². The molecule has 3 heterocycles. The van der Waals surface area contributed by atoms with Gasteiger partial charge in [0.15, 0.2) is 0 Å². The van der Waals surface area contributed by atoms with Crippen molar-refractivity contribution in [1.29, 1.82) is 5.26 Å². The molecule has 6 heteroatoms. The van der Waals surface area contributed by atoms with Gasteiger partial charge in [-0.3, -0.25) is 4.79 Å². The first-order valence-corrected chi connectivity index (χ1v) is 9.67. The van der Waals surface area contributed by atoms with Crippen LogP contribution in [0.2, 0.25) is 0 Å². The first kappa shape index (κ1) is 18.5. The van der Waals surface area contributed by atoms with Crippen molar-refractivity contribution in [3.63, 3.8) is 0 Å². The number of ether oxygens (including phenoxy) is 2. The molecule has 1 atom stereocenters. The zero-order valence-electron chi connectivity index (χ0n) is 15.7. The third-order valence-corrected chi connectivity index (χ3v) is 5.60. The summed E-state index contributed by atoms with van der Waals surface area (Å²) in [4.78, 5) is 19.0. The van der Waals surface area contributed by atoms with E-state index in [0.717, 1.165) is 12.0 Å². The number of amides is 1. The number of hydrogen-bond donors (Lipinski definition) is 0. The predicted molar refractivity (Wildman–Crippen MR) is 103 cm³/mol. The Balaban J connectivity index is 1.43. The molecule has 4 rings (SSSR count). The van der Waals surface area contributed by atoms with Crippen LogP contribution < -0.4 is 4.74 Å². The Bertz CT molecular complexity index is 864. The van der Waals surface area contributed by atoms with E-state index in [4.69, 9.17) is 9.47 Å². The maximum Gasteiger partial charge on any atom is 0.254 e. The minimum absolute atomic E-state index is 0.00467. The van der Waals surface area contributed by atoms with Crippen molar-refractivity contribution in [2.45, 2.75) is 30.8 Å². The maximum absolute atomic E-state index is 13.0. The van der Waals surface area contributed by atoms with E-state index < -0.39 is 5.41 Å². The zero-order valence-corrected chi connectivity index (χ0v) is 15.7. The van der Waals surface area contributed by atoms with Crippen LogP contribution in [-0.4, -0.2) is 48.2 Å². The van der Waals surface area contributed by atoms with Crippen molar-refractivity contribution in [2.24, 2.45) is 0 Å².